The molecule has 6 heteroatoms. The summed E-state index contributed by atoms with van der Waals surface area (Å²) in [5, 5.41) is 0. The summed E-state index contributed by atoms with van der Waals surface area (Å²) in [6.07, 6.45) is 5.89. The molecule has 3 atom stereocenters. The first kappa shape index (κ1) is 17.9. The maximum Gasteiger partial charge on any atom is 0.251 e. The third kappa shape index (κ3) is 3.92. The van der Waals surface area contributed by atoms with E-state index in [4.69, 9.17) is 9.47 Å². The summed E-state index contributed by atoms with van der Waals surface area (Å²) in [5.41, 5.74) is 0.907. The molecule has 0 spiro atoms. The van der Waals surface area contributed by atoms with Gasteiger partial charge in [-0.05, 0) is 50.3 Å². The van der Waals surface area contributed by atoms with E-state index < -0.39 is 0 Å². The molecule has 0 aliphatic carbocycles. The number of aromatic nitrogens is 1. The first-order chi connectivity index (χ1) is 12.7. The van der Waals surface area contributed by atoms with Crippen molar-refractivity contribution >= 4 is 5.91 Å². The first-order valence-corrected chi connectivity index (χ1v) is 9.83. The Bertz CT molecular complexity index is 606. The zero-order valence-corrected chi connectivity index (χ0v) is 15.5. The van der Waals surface area contributed by atoms with Crippen LogP contribution in [-0.4, -0.2) is 72.3 Å². The molecule has 0 saturated carbocycles. The molecule has 0 aromatic carbocycles. The van der Waals surface area contributed by atoms with E-state index in [-0.39, 0.29) is 18.1 Å². The zero-order chi connectivity index (χ0) is 17.9. The molecular weight excluding hydrogens is 330 g/mol. The van der Waals surface area contributed by atoms with Gasteiger partial charge < -0.3 is 14.4 Å². The third-order valence-electron chi connectivity index (χ3n) is 6.07. The summed E-state index contributed by atoms with van der Waals surface area (Å²) in [5.74, 6) is 0.603. The number of fused-ring (bicyclic) bond motifs is 1. The number of hydrogen-bond donors (Lipinski definition) is 0. The number of rotatable bonds is 4. The van der Waals surface area contributed by atoms with Crippen LogP contribution in [0.3, 0.4) is 0 Å². The Labute approximate surface area is 155 Å². The molecule has 3 fully saturated rings. The highest BCUT2D eigenvalue weighted by Gasteiger charge is 2.43. The number of carbonyl (C=O) groups is 1. The molecule has 3 saturated heterocycles. The van der Waals surface area contributed by atoms with Crippen molar-refractivity contribution in [1.29, 1.82) is 0 Å². The fourth-order valence-corrected chi connectivity index (χ4v) is 4.55. The van der Waals surface area contributed by atoms with Crippen molar-refractivity contribution in [2.45, 2.75) is 50.5 Å². The molecule has 4 rings (SSSR count). The molecule has 142 valence electrons. The van der Waals surface area contributed by atoms with Crippen molar-refractivity contribution < 1.29 is 14.3 Å². The van der Waals surface area contributed by atoms with E-state index in [1.807, 2.05) is 25.2 Å². The fourth-order valence-electron chi connectivity index (χ4n) is 4.55. The van der Waals surface area contributed by atoms with Gasteiger partial charge in [0.15, 0.2) is 0 Å². The van der Waals surface area contributed by atoms with Crippen molar-refractivity contribution in [1.82, 2.24) is 14.8 Å². The van der Waals surface area contributed by atoms with Crippen LogP contribution >= 0.6 is 0 Å². The lowest BCUT2D eigenvalue weighted by molar-refractivity contribution is -0.143. The highest BCUT2D eigenvalue weighted by atomic mass is 16.5. The van der Waals surface area contributed by atoms with Crippen LogP contribution in [0.4, 0.5) is 0 Å². The minimum Gasteiger partial charge on any atom is -0.381 e. The molecule has 4 heterocycles. The Balaban J connectivity index is 1.32. The Kier molecular flexibility index (Phi) is 5.52. The van der Waals surface area contributed by atoms with Crippen LogP contribution in [0.25, 0.3) is 0 Å². The largest absolute Gasteiger partial charge is 0.381 e. The SMILES string of the molecule is CN(Cc1ccccn1)C(=O)[C@@H]1C[C@@H]2CCN(C3CCOCC3)C[C@H]2O1. The highest BCUT2D eigenvalue weighted by Crippen LogP contribution is 2.35. The van der Waals surface area contributed by atoms with Crippen LogP contribution in [0, 0.1) is 5.92 Å². The maximum atomic E-state index is 12.8. The minimum absolute atomic E-state index is 0.0858. The van der Waals surface area contributed by atoms with Crippen molar-refractivity contribution in [3.05, 3.63) is 30.1 Å². The summed E-state index contributed by atoms with van der Waals surface area (Å²) in [6.45, 7) is 4.36. The molecule has 26 heavy (non-hydrogen) atoms. The lowest BCUT2D eigenvalue weighted by atomic mass is 9.90. The van der Waals surface area contributed by atoms with Crippen molar-refractivity contribution in [2.24, 2.45) is 5.92 Å². The second-order valence-electron chi connectivity index (χ2n) is 7.80. The average molecular weight is 359 g/mol. The van der Waals surface area contributed by atoms with Gasteiger partial charge in [-0.2, -0.15) is 0 Å². The van der Waals surface area contributed by atoms with Gasteiger partial charge in [0.05, 0.1) is 18.3 Å². The lowest BCUT2D eigenvalue weighted by Crippen LogP contribution is -2.49. The summed E-state index contributed by atoms with van der Waals surface area (Å²) in [4.78, 5) is 21.4. The van der Waals surface area contributed by atoms with Crippen molar-refractivity contribution in [3.8, 4) is 0 Å². The quantitative estimate of drug-likeness (QED) is 0.819. The van der Waals surface area contributed by atoms with Crippen LogP contribution < -0.4 is 0 Å². The molecular formula is C20H29N3O3. The Morgan fingerprint density at radius 3 is 2.92 bits per heavy atom. The van der Waals surface area contributed by atoms with Gasteiger partial charge in [-0.3, -0.25) is 14.7 Å². The Hall–Kier alpha value is -1.50. The second kappa shape index (κ2) is 8.03. The maximum absolute atomic E-state index is 12.8. The van der Waals surface area contributed by atoms with Crippen LogP contribution in [-0.2, 0) is 20.8 Å². The standard InChI is InChI=1S/C20H29N3O3/c1-22(13-16-4-2-3-8-21-16)20(24)18-12-15-5-9-23(14-19(15)26-18)17-6-10-25-11-7-17/h2-4,8,15,17-19H,5-7,9-14H2,1H3/t15-,18-,19+/m0/s1. The number of hydrogen-bond acceptors (Lipinski definition) is 5. The van der Waals surface area contributed by atoms with Crippen LogP contribution in [0.1, 0.15) is 31.4 Å². The summed E-state index contributed by atoms with van der Waals surface area (Å²) >= 11 is 0. The molecule has 1 aromatic heterocycles. The van der Waals surface area contributed by atoms with Crippen molar-refractivity contribution in [3.63, 3.8) is 0 Å². The van der Waals surface area contributed by atoms with Gasteiger partial charge in [-0.1, -0.05) is 6.07 Å². The van der Waals surface area contributed by atoms with Crippen LogP contribution in [0.5, 0.6) is 0 Å². The molecule has 0 N–H and O–H groups in total. The summed E-state index contributed by atoms with van der Waals surface area (Å²) < 4.78 is 11.7. The van der Waals surface area contributed by atoms with E-state index in [0.29, 0.717) is 18.5 Å². The number of amides is 1. The predicted molar refractivity (Wildman–Crippen MR) is 97.5 cm³/mol. The summed E-state index contributed by atoms with van der Waals surface area (Å²) in [7, 11) is 1.84. The first-order valence-electron chi connectivity index (χ1n) is 9.83. The monoisotopic (exact) mass is 359 g/mol. The smallest absolute Gasteiger partial charge is 0.251 e. The Morgan fingerprint density at radius 2 is 2.15 bits per heavy atom. The van der Waals surface area contributed by atoms with E-state index in [1.165, 1.54) is 0 Å². The number of likely N-dealkylation sites (N-methyl/N-ethyl adjacent to an activating group) is 1. The number of ether oxygens (including phenoxy) is 2. The van der Waals surface area contributed by atoms with E-state index in [2.05, 4.69) is 9.88 Å². The van der Waals surface area contributed by atoms with E-state index in [0.717, 1.165) is 57.7 Å². The normalized spacial score (nSPS) is 30.1. The van der Waals surface area contributed by atoms with E-state index in [9.17, 15) is 4.79 Å². The second-order valence-corrected chi connectivity index (χ2v) is 7.80. The van der Waals surface area contributed by atoms with Gasteiger partial charge in [-0.15, -0.1) is 0 Å². The number of pyridine rings is 1. The fraction of sp³-hybridized carbons (Fsp3) is 0.700. The number of likely N-dealkylation sites (tertiary alicyclic amines) is 1. The van der Waals surface area contributed by atoms with E-state index >= 15 is 0 Å². The van der Waals surface area contributed by atoms with Gasteiger partial charge in [0, 0.05) is 39.0 Å². The third-order valence-corrected chi connectivity index (χ3v) is 6.07. The Morgan fingerprint density at radius 1 is 1.31 bits per heavy atom. The molecule has 0 radical (unpaired) electrons. The lowest BCUT2D eigenvalue weighted by Gasteiger charge is -2.40. The predicted octanol–water partition coefficient (Wildman–Crippen LogP) is 1.70. The average Bonchev–Trinajstić information content (AvgIpc) is 3.12. The number of nitrogens with zero attached hydrogens (tertiary/aromatic N) is 3. The molecule has 3 aliphatic rings. The van der Waals surface area contributed by atoms with Gasteiger partial charge in [0.25, 0.3) is 5.91 Å². The van der Waals surface area contributed by atoms with Crippen LogP contribution in [0.2, 0.25) is 0 Å². The van der Waals surface area contributed by atoms with Gasteiger partial charge in [0.1, 0.15) is 6.10 Å². The zero-order valence-electron chi connectivity index (χ0n) is 15.5. The number of piperidine rings is 1. The minimum atomic E-state index is -0.298. The molecule has 1 amide bonds. The van der Waals surface area contributed by atoms with Gasteiger partial charge in [0.2, 0.25) is 0 Å². The van der Waals surface area contributed by atoms with Gasteiger partial charge >= 0.3 is 0 Å². The molecule has 0 unspecified atom stereocenters. The van der Waals surface area contributed by atoms with Crippen LogP contribution in [0.15, 0.2) is 24.4 Å². The molecule has 0 bridgehead atoms. The number of carbonyl (C=O) groups excluding carboxylic acids is 1. The molecule has 1 aromatic rings. The molecule has 3 aliphatic heterocycles. The van der Waals surface area contributed by atoms with Gasteiger partial charge in [-0.25, -0.2) is 0 Å². The topological polar surface area (TPSA) is 54.9 Å². The van der Waals surface area contributed by atoms with Crippen molar-refractivity contribution in [2.75, 3.05) is 33.4 Å². The highest BCUT2D eigenvalue weighted by molar-refractivity contribution is 5.81. The van der Waals surface area contributed by atoms with E-state index in [1.54, 1.807) is 11.1 Å². The molecule has 6 nitrogen and oxygen atoms in total. The summed E-state index contributed by atoms with van der Waals surface area (Å²) in [6, 6.07) is 6.41.